The fourth-order valence-corrected chi connectivity index (χ4v) is 4.31. The van der Waals surface area contributed by atoms with Crippen LogP contribution in [0.5, 0.6) is 5.75 Å². The third-order valence-electron chi connectivity index (χ3n) is 5.65. The van der Waals surface area contributed by atoms with Gasteiger partial charge in [0.2, 0.25) is 0 Å². The highest BCUT2D eigenvalue weighted by atomic mass is 35.5. The molecule has 0 N–H and O–H groups in total. The molecule has 172 valence electrons. The third kappa shape index (κ3) is 5.99. The number of hydrogen-bond acceptors (Lipinski definition) is 4. The van der Waals surface area contributed by atoms with Crippen molar-refractivity contribution in [3.63, 3.8) is 0 Å². The smallest absolute Gasteiger partial charge is 0.289 e. The number of ether oxygens (including phenoxy) is 1. The molecule has 1 saturated heterocycles. The standard InChI is InChI=1S/C26H26Cl2N2O3/c1-2-5-19-6-3-4-7-24(19)32-18-22-10-11-25(33-22)26(31)30-14-12-29(13-15-30)17-20-8-9-21(27)16-23(20)28/h2-4,6-11,16H,1,5,12-15,17-18H2. The average molecular weight is 485 g/mol. The first-order valence-electron chi connectivity index (χ1n) is 10.9. The van der Waals surface area contributed by atoms with Gasteiger partial charge in [-0.25, -0.2) is 0 Å². The van der Waals surface area contributed by atoms with Crippen LogP contribution in [0.3, 0.4) is 0 Å². The Morgan fingerprint density at radius 2 is 1.82 bits per heavy atom. The van der Waals surface area contributed by atoms with Crippen molar-refractivity contribution >= 4 is 29.1 Å². The van der Waals surface area contributed by atoms with E-state index in [0.29, 0.717) is 34.7 Å². The second-order valence-electron chi connectivity index (χ2n) is 7.96. The molecule has 3 aromatic rings. The molecule has 1 amide bonds. The number of carbonyl (C=O) groups excluding carboxylic acids is 1. The number of nitrogens with zero attached hydrogens (tertiary/aromatic N) is 2. The maximum atomic E-state index is 12.9. The number of para-hydroxylation sites is 1. The van der Waals surface area contributed by atoms with Crippen LogP contribution in [0.1, 0.15) is 27.4 Å². The SMILES string of the molecule is C=CCc1ccccc1OCc1ccc(C(=O)N2CCN(Cc3ccc(Cl)cc3Cl)CC2)o1. The first kappa shape index (κ1) is 23.4. The molecule has 1 fully saturated rings. The lowest BCUT2D eigenvalue weighted by Crippen LogP contribution is -2.48. The van der Waals surface area contributed by atoms with Gasteiger partial charge in [0.25, 0.3) is 5.91 Å². The van der Waals surface area contributed by atoms with Gasteiger partial charge in [-0.3, -0.25) is 9.69 Å². The summed E-state index contributed by atoms with van der Waals surface area (Å²) < 4.78 is 11.7. The molecule has 1 aromatic heterocycles. The topological polar surface area (TPSA) is 45.9 Å². The molecule has 0 radical (unpaired) electrons. The zero-order chi connectivity index (χ0) is 23.2. The summed E-state index contributed by atoms with van der Waals surface area (Å²) in [5.74, 6) is 1.64. The van der Waals surface area contributed by atoms with E-state index in [9.17, 15) is 4.79 Å². The summed E-state index contributed by atoms with van der Waals surface area (Å²) >= 11 is 12.3. The molecule has 0 spiro atoms. The fraction of sp³-hybridized carbons (Fsp3) is 0.269. The molecular formula is C26H26Cl2N2O3. The van der Waals surface area contributed by atoms with E-state index in [-0.39, 0.29) is 12.5 Å². The average Bonchev–Trinajstić information content (AvgIpc) is 3.30. The molecule has 4 rings (SSSR count). The van der Waals surface area contributed by atoms with Gasteiger partial charge in [-0.1, -0.05) is 53.5 Å². The predicted octanol–water partition coefficient (Wildman–Crippen LogP) is 5.85. The van der Waals surface area contributed by atoms with Crippen molar-refractivity contribution in [3.05, 3.63) is 99.9 Å². The van der Waals surface area contributed by atoms with E-state index in [1.54, 1.807) is 18.2 Å². The molecule has 5 nitrogen and oxygen atoms in total. The second kappa shape index (κ2) is 10.9. The highest BCUT2D eigenvalue weighted by Gasteiger charge is 2.24. The van der Waals surface area contributed by atoms with E-state index in [4.69, 9.17) is 32.4 Å². The number of rotatable bonds is 8. The Hall–Kier alpha value is -2.73. The maximum Gasteiger partial charge on any atom is 0.289 e. The van der Waals surface area contributed by atoms with E-state index in [1.807, 2.05) is 47.4 Å². The van der Waals surface area contributed by atoms with Crippen LogP contribution in [-0.4, -0.2) is 41.9 Å². The number of furan rings is 1. The van der Waals surface area contributed by atoms with Crippen molar-refractivity contribution in [2.75, 3.05) is 26.2 Å². The minimum absolute atomic E-state index is 0.0996. The molecule has 7 heteroatoms. The quantitative estimate of drug-likeness (QED) is 0.376. The first-order valence-corrected chi connectivity index (χ1v) is 11.6. The summed E-state index contributed by atoms with van der Waals surface area (Å²) in [5, 5.41) is 1.29. The van der Waals surface area contributed by atoms with Gasteiger partial charge in [-0.2, -0.15) is 0 Å². The van der Waals surface area contributed by atoms with E-state index in [0.717, 1.165) is 42.9 Å². The van der Waals surface area contributed by atoms with Crippen molar-refractivity contribution in [1.82, 2.24) is 9.80 Å². The molecule has 0 saturated carbocycles. The monoisotopic (exact) mass is 484 g/mol. The maximum absolute atomic E-state index is 12.9. The number of carbonyl (C=O) groups is 1. The van der Waals surface area contributed by atoms with Crippen LogP contribution in [0.25, 0.3) is 0 Å². The first-order chi connectivity index (χ1) is 16.0. The van der Waals surface area contributed by atoms with Gasteiger partial charge in [0, 0.05) is 42.8 Å². The summed E-state index contributed by atoms with van der Waals surface area (Å²) in [6.07, 6.45) is 2.57. The largest absolute Gasteiger partial charge is 0.485 e. The van der Waals surface area contributed by atoms with Gasteiger partial charge >= 0.3 is 0 Å². The fourth-order valence-electron chi connectivity index (χ4n) is 3.84. The molecule has 2 aromatic carbocycles. The van der Waals surface area contributed by atoms with Gasteiger partial charge in [0.05, 0.1) is 0 Å². The Labute approximate surface area is 204 Å². The van der Waals surface area contributed by atoms with Crippen LogP contribution in [0.4, 0.5) is 0 Å². The Morgan fingerprint density at radius 3 is 2.58 bits per heavy atom. The third-order valence-corrected chi connectivity index (χ3v) is 6.23. The van der Waals surface area contributed by atoms with Crippen LogP contribution in [0.15, 0.2) is 71.7 Å². The zero-order valence-electron chi connectivity index (χ0n) is 18.3. The highest BCUT2D eigenvalue weighted by Crippen LogP contribution is 2.24. The number of allylic oxidation sites excluding steroid dienone is 1. The number of piperazine rings is 1. The normalized spacial score (nSPS) is 14.3. The summed E-state index contributed by atoms with van der Waals surface area (Å²) in [4.78, 5) is 17.0. The Balaban J connectivity index is 1.29. The van der Waals surface area contributed by atoms with Crippen molar-refractivity contribution < 1.29 is 13.9 Å². The lowest BCUT2D eigenvalue weighted by Gasteiger charge is -2.34. The van der Waals surface area contributed by atoms with Gasteiger partial charge in [-0.05, 0) is 47.9 Å². The van der Waals surface area contributed by atoms with Crippen LogP contribution in [-0.2, 0) is 19.6 Å². The van der Waals surface area contributed by atoms with Crippen molar-refractivity contribution in [1.29, 1.82) is 0 Å². The Kier molecular flexibility index (Phi) is 7.76. The van der Waals surface area contributed by atoms with Crippen molar-refractivity contribution in [3.8, 4) is 5.75 Å². The van der Waals surface area contributed by atoms with Gasteiger partial charge < -0.3 is 14.1 Å². The van der Waals surface area contributed by atoms with Crippen LogP contribution < -0.4 is 4.74 Å². The molecule has 0 unspecified atom stereocenters. The molecular weight excluding hydrogens is 459 g/mol. The lowest BCUT2D eigenvalue weighted by atomic mass is 10.1. The number of amides is 1. The lowest BCUT2D eigenvalue weighted by molar-refractivity contribution is 0.0594. The Morgan fingerprint density at radius 1 is 1.03 bits per heavy atom. The molecule has 0 atom stereocenters. The number of halogens is 2. The predicted molar refractivity (Wildman–Crippen MR) is 131 cm³/mol. The van der Waals surface area contributed by atoms with Crippen molar-refractivity contribution in [2.45, 2.75) is 19.6 Å². The molecule has 1 aliphatic rings. The Bertz CT molecular complexity index is 1120. The summed E-state index contributed by atoms with van der Waals surface area (Å²) in [7, 11) is 0. The van der Waals surface area contributed by atoms with Crippen LogP contribution in [0.2, 0.25) is 10.0 Å². The van der Waals surface area contributed by atoms with Crippen LogP contribution >= 0.6 is 23.2 Å². The van der Waals surface area contributed by atoms with Crippen molar-refractivity contribution in [2.24, 2.45) is 0 Å². The summed E-state index contributed by atoms with van der Waals surface area (Å²) in [6.45, 7) is 7.57. The summed E-state index contributed by atoms with van der Waals surface area (Å²) in [6, 6.07) is 16.9. The van der Waals surface area contributed by atoms with Gasteiger partial charge in [0.15, 0.2) is 5.76 Å². The van der Waals surface area contributed by atoms with E-state index in [1.165, 1.54) is 0 Å². The molecule has 2 heterocycles. The number of hydrogen-bond donors (Lipinski definition) is 0. The van der Waals surface area contributed by atoms with Gasteiger partial charge in [-0.15, -0.1) is 6.58 Å². The molecule has 33 heavy (non-hydrogen) atoms. The second-order valence-corrected chi connectivity index (χ2v) is 8.80. The highest BCUT2D eigenvalue weighted by molar-refractivity contribution is 6.35. The minimum Gasteiger partial charge on any atom is -0.485 e. The molecule has 1 aliphatic heterocycles. The van der Waals surface area contributed by atoms with Gasteiger partial charge in [0.1, 0.15) is 18.1 Å². The van der Waals surface area contributed by atoms with Crippen LogP contribution in [0, 0.1) is 0 Å². The van der Waals surface area contributed by atoms with E-state index < -0.39 is 0 Å². The zero-order valence-corrected chi connectivity index (χ0v) is 19.8. The van der Waals surface area contributed by atoms with E-state index >= 15 is 0 Å². The summed E-state index contributed by atoms with van der Waals surface area (Å²) in [5.41, 5.74) is 2.10. The van der Waals surface area contributed by atoms with E-state index in [2.05, 4.69) is 11.5 Å². The number of benzene rings is 2. The molecule has 0 aliphatic carbocycles. The molecule has 0 bridgehead atoms. The minimum atomic E-state index is -0.0996.